The first-order valence-corrected chi connectivity index (χ1v) is 10.4. The van der Waals surface area contributed by atoms with Crippen molar-refractivity contribution in [2.45, 2.75) is 26.3 Å². The average molecular weight is 443 g/mol. The summed E-state index contributed by atoms with van der Waals surface area (Å²) in [5.41, 5.74) is 0.659. The van der Waals surface area contributed by atoms with Crippen LogP contribution in [0.5, 0.6) is 5.75 Å². The largest absolute Gasteiger partial charge is 0.423 e. The lowest BCUT2D eigenvalue weighted by Crippen LogP contribution is -2.36. The molecule has 0 radical (unpaired) electrons. The van der Waals surface area contributed by atoms with Crippen molar-refractivity contribution in [1.82, 2.24) is 4.90 Å². The van der Waals surface area contributed by atoms with Crippen molar-refractivity contribution in [1.29, 1.82) is 0 Å². The fraction of sp³-hybridized carbons (Fsp3) is 0.190. The number of hydrogen-bond acceptors (Lipinski definition) is 7. The van der Waals surface area contributed by atoms with Crippen LogP contribution in [-0.2, 0) is 4.79 Å². The van der Waals surface area contributed by atoms with E-state index in [4.69, 9.17) is 17.0 Å². The number of benzene rings is 2. The highest BCUT2D eigenvalue weighted by atomic mass is 32.2. The highest BCUT2D eigenvalue weighted by Crippen LogP contribution is 2.34. The minimum Gasteiger partial charge on any atom is -0.423 e. The van der Waals surface area contributed by atoms with Gasteiger partial charge in [-0.1, -0.05) is 49.1 Å². The van der Waals surface area contributed by atoms with Crippen molar-refractivity contribution in [2.24, 2.45) is 0 Å². The minimum absolute atomic E-state index is 0.0407. The van der Waals surface area contributed by atoms with E-state index in [0.29, 0.717) is 9.23 Å². The molecule has 1 saturated heterocycles. The van der Waals surface area contributed by atoms with Crippen molar-refractivity contribution in [3.05, 3.63) is 74.7 Å². The fourth-order valence-corrected chi connectivity index (χ4v) is 4.20. The van der Waals surface area contributed by atoms with E-state index in [0.717, 1.165) is 18.1 Å². The number of thiocarbonyl (C=S) groups is 1. The first-order chi connectivity index (χ1) is 14.3. The summed E-state index contributed by atoms with van der Waals surface area (Å²) < 4.78 is 5.82. The van der Waals surface area contributed by atoms with Crippen LogP contribution >= 0.6 is 24.0 Å². The summed E-state index contributed by atoms with van der Waals surface area (Å²) in [7, 11) is 0. The second-order valence-corrected chi connectivity index (χ2v) is 8.25. The molecule has 1 aliphatic heterocycles. The molecule has 0 bridgehead atoms. The maximum Gasteiger partial charge on any atom is 0.343 e. The highest BCUT2D eigenvalue weighted by molar-refractivity contribution is 8.26. The maximum atomic E-state index is 12.6. The molecule has 3 rings (SSSR count). The molecule has 2 aromatic rings. The van der Waals surface area contributed by atoms with Gasteiger partial charge in [0.1, 0.15) is 10.1 Å². The predicted molar refractivity (Wildman–Crippen MR) is 119 cm³/mol. The van der Waals surface area contributed by atoms with Crippen molar-refractivity contribution in [3.8, 4) is 5.75 Å². The van der Waals surface area contributed by atoms with Crippen molar-refractivity contribution >= 4 is 51.9 Å². The van der Waals surface area contributed by atoms with Gasteiger partial charge in [0, 0.05) is 18.2 Å². The molecular weight excluding hydrogens is 424 g/mol. The van der Waals surface area contributed by atoms with Crippen molar-refractivity contribution in [2.75, 3.05) is 0 Å². The lowest BCUT2D eigenvalue weighted by Gasteiger charge is -2.21. The first kappa shape index (κ1) is 21.7. The quantitative estimate of drug-likeness (QED) is 0.158. The highest BCUT2D eigenvalue weighted by Gasteiger charge is 2.34. The fourth-order valence-electron chi connectivity index (χ4n) is 2.74. The summed E-state index contributed by atoms with van der Waals surface area (Å²) in [4.78, 5) is 37.3. The zero-order chi connectivity index (χ0) is 21.8. The zero-order valence-corrected chi connectivity index (χ0v) is 17.9. The van der Waals surface area contributed by atoms with Gasteiger partial charge in [-0.25, -0.2) is 4.79 Å². The number of rotatable bonds is 6. The van der Waals surface area contributed by atoms with Crippen LogP contribution in [0.1, 0.15) is 36.2 Å². The second-order valence-electron chi connectivity index (χ2n) is 6.57. The molecule has 7 nitrogen and oxygen atoms in total. The van der Waals surface area contributed by atoms with E-state index in [1.54, 1.807) is 35.2 Å². The van der Waals surface area contributed by atoms with E-state index in [1.165, 1.54) is 30.0 Å². The summed E-state index contributed by atoms with van der Waals surface area (Å²) >= 11 is 6.59. The smallest absolute Gasteiger partial charge is 0.343 e. The molecule has 1 amide bonds. The molecule has 0 aromatic heterocycles. The number of hydrogen-bond donors (Lipinski definition) is 0. The number of carbonyl (C=O) groups excluding carboxylic acids is 2. The van der Waals surface area contributed by atoms with E-state index < -0.39 is 10.9 Å². The Labute approximate surface area is 182 Å². The Kier molecular flexibility index (Phi) is 6.63. The number of thioether (sulfide) groups is 1. The van der Waals surface area contributed by atoms with Crippen LogP contribution in [0.2, 0.25) is 0 Å². The van der Waals surface area contributed by atoms with Gasteiger partial charge in [-0.2, -0.15) is 0 Å². The van der Waals surface area contributed by atoms with Crippen LogP contribution in [0, 0.1) is 10.1 Å². The lowest BCUT2D eigenvalue weighted by atomic mass is 10.2. The predicted octanol–water partition coefficient (Wildman–Crippen LogP) is 4.81. The zero-order valence-electron chi connectivity index (χ0n) is 16.2. The molecule has 0 unspecified atom stereocenters. The van der Waals surface area contributed by atoms with E-state index in [1.807, 2.05) is 13.8 Å². The van der Waals surface area contributed by atoms with E-state index in [2.05, 4.69) is 0 Å². The normalized spacial score (nSPS) is 16.1. The number of esters is 1. The summed E-state index contributed by atoms with van der Waals surface area (Å²) in [5.74, 6) is -0.516. The number of nitrogens with zero attached hydrogens (tertiary/aromatic N) is 2. The Hall–Kier alpha value is -3.04. The van der Waals surface area contributed by atoms with Gasteiger partial charge in [0.05, 0.1) is 15.4 Å². The Morgan fingerprint density at radius 1 is 1.30 bits per heavy atom. The average Bonchev–Trinajstić information content (AvgIpc) is 3.01. The Balaban J connectivity index is 1.71. The number of nitro groups is 1. The van der Waals surface area contributed by atoms with Crippen LogP contribution in [0.25, 0.3) is 6.08 Å². The molecule has 1 aliphatic rings. The Morgan fingerprint density at radius 3 is 2.63 bits per heavy atom. The molecule has 2 aromatic carbocycles. The van der Waals surface area contributed by atoms with Gasteiger partial charge in [-0.3, -0.25) is 19.8 Å². The molecule has 154 valence electrons. The van der Waals surface area contributed by atoms with Crippen molar-refractivity contribution < 1.29 is 19.2 Å². The Morgan fingerprint density at radius 2 is 2.00 bits per heavy atom. The third kappa shape index (κ3) is 4.74. The van der Waals surface area contributed by atoms with Crippen LogP contribution in [0.15, 0.2) is 53.4 Å². The van der Waals surface area contributed by atoms with Gasteiger partial charge in [0.25, 0.3) is 11.6 Å². The molecule has 0 N–H and O–H groups in total. The number of amides is 1. The first-order valence-electron chi connectivity index (χ1n) is 9.14. The third-order valence-electron chi connectivity index (χ3n) is 4.54. The van der Waals surface area contributed by atoms with Gasteiger partial charge in [0.2, 0.25) is 0 Å². The number of carbonyl (C=O) groups is 2. The molecule has 0 aliphatic carbocycles. The molecule has 9 heteroatoms. The van der Waals surface area contributed by atoms with Crippen LogP contribution in [0.3, 0.4) is 0 Å². The van der Waals surface area contributed by atoms with Crippen LogP contribution in [0.4, 0.5) is 5.69 Å². The van der Waals surface area contributed by atoms with Crippen LogP contribution < -0.4 is 4.74 Å². The maximum absolute atomic E-state index is 12.6. The van der Waals surface area contributed by atoms with Crippen molar-refractivity contribution in [3.63, 3.8) is 0 Å². The van der Waals surface area contributed by atoms with Gasteiger partial charge in [0.15, 0.2) is 0 Å². The van der Waals surface area contributed by atoms with E-state index >= 15 is 0 Å². The second kappa shape index (κ2) is 9.19. The molecule has 0 saturated carbocycles. The minimum atomic E-state index is -0.694. The molecule has 1 heterocycles. The van der Waals surface area contributed by atoms with E-state index in [9.17, 15) is 19.7 Å². The third-order valence-corrected chi connectivity index (χ3v) is 5.87. The molecular formula is C21H18N2O5S2. The van der Waals surface area contributed by atoms with Crippen LogP contribution in [-0.4, -0.2) is 32.1 Å². The molecule has 1 atom stereocenters. The SMILES string of the molecule is CC[C@H](C)N1C(=O)/C(=C\c2ccc(OC(=O)c3cccc([N+](=O)[O-])c3)cc2)SC1=S. The van der Waals surface area contributed by atoms with Gasteiger partial charge < -0.3 is 4.74 Å². The summed E-state index contributed by atoms with van der Waals surface area (Å²) in [5, 5.41) is 10.8. The number of ether oxygens (including phenoxy) is 1. The van der Waals surface area contributed by atoms with Gasteiger partial charge in [-0.05, 0) is 43.2 Å². The van der Waals surface area contributed by atoms with Gasteiger partial charge >= 0.3 is 5.97 Å². The number of nitro benzene ring substituents is 1. The summed E-state index contributed by atoms with van der Waals surface area (Å²) in [6.45, 7) is 3.96. The monoisotopic (exact) mass is 442 g/mol. The molecule has 30 heavy (non-hydrogen) atoms. The number of non-ortho nitro benzene ring substituents is 1. The summed E-state index contributed by atoms with van der Waals surface area (Å²) in [6.07, 6.45) is 2.55. The lowest BCUT2D eigenvalue weighted by molar-refractivity contribution is -0.384. The van der Waals surface area contributed by atoms with E-state index in [-0.39, 0.29) is 28.9 Å². The summed E-state index contributed by atoms with van der Waals surface area (Å²) in [6, 6.07) is 12.0. The molecule has 0 spiro atoms. The Bertz CT molecular complexity index is 1050. The standard InChI is InChI=1S/C21H18N2O5S2/c1-3-13(2)22-19(24)18(30-21(22)29)11-14-7-9-17(10-8-14)28-20(25)15-5-4-6-16(12-15)23(26)27/h4-13H,3H2,1-2H3/b18-11+/t13-/m0/s1. The van der Waals surface area contributed by atoms with Gasteiger partial charge in [-0.15, -0.1) is 0 Å². The molecule has 1 fully saturated rings. The topological polar surface area (TPSA) is 89.8 Å².